The molecule has 3 unspecified atom stereocenters. The van der Waals surface area contributed by atoms with Gasteiger partial charge in [0.05, 0.1) is 0 Å². The van der Waals surface area contributed by atoms with E-state index >= 15 is 0 Å². The highest BCUT2D eigenvalue weighted by Crippen LogP contribution is 2.19. The highest BCUT2D eigenvalue weighted by molar-refractivity contribution is 5.69. The number of rotatable bonds is 49. The maximum atomic E-state index is 12.9. The molecule has 6 nitrogen and oxygen atoms in total. The Hall–Kier alpha value is -1.14. The van der Waals surface area contributed by atoms with Crippen molar-refractivity contribution >= 4 is 11.9 Å². The second kappa shape index (κ2) is 47.3. The SMILES string of the molecule is CCCCCCCCCCCCCCCCCCN(C(C)OC(=O)CCCCCCCCCCC)C(C)OC(C)OC(=O)CCCCCCCCCCCCCCCCC. The second-order valence-corrected chi connectivity index (χ2v) is 18.7. The van der Waals surface area contributed by atoms with Crippen LogP contribution in [0, 0.1) is 0 Å². The molecule has 0 saturated heterocycles. The van der Waals surface area contributed by atoms with Crippen molar-refractivity contribution < 1.29 is 23.8 Å². The van der Waals surface area contributed by atoms with Gasteiger partial charge in [-0.1, -0.05) is 258 Å². The van der Waals surface area contributed by atoms with Crippen LogP contribution in [-0.2, 0) is 23.8 Å². The van der Waals surface area contributed by atoms with E-state index in [9.17, 15) is 9.59 Å². The first-order chi connectivity index (χ1) is 29.3. The number of hydrogen-bond acceptors (Lipinski definition) is 6. The van der Waals surface area contributed by atoms with Crippen LogP contribution in [0.5, 0.6) is 0 Å². The van der Waals surface area contributed by atoms with Crippen LogP contribution in [0.1, 0.15) is 311 Å². The van der Waals surface area contributed by atoms with Gasteiger partial charge in [0.1, 0.15) is 6.23 Å². The van der Waals surface area contributed by atoms with Crippen molar-refractivity contribution in [3.05, 3.63) is 0 Å². The van der Waals surface area contributed by atoms with Gasteiger partial charge in [0.2, 0.25) is 6.29 Å². The number of unbranched alkanes of at least 4 members (excludes halogenated alkanes) is 37. The van der Waals surface area contributed by atoms with Gasteiger partial charge in [0.15, 0.2) is 6.23 Å². The zero-order chi connectivity index (χ0) is 44.0. The first-order valence-electron chi connectivity index (χ1n) is 27.2. The third-order valence-electron chi connectivity index (χ3n) is 12.7. The summed E-state index contributed by atoms with van der Waals surface area (Å²) in [6.45, 7) is 13.4. The van der Waals surface area contributed by atoms with Gasteiger partial charge in [-0.05, 0) is 40.0 Å². The molecular formula is C54H107NO5. The van der Waals surface area contributed by atoms with Gasteiger partial charge in [-0.2, -0.15) is 0 Å². The Morgan fingerprint density at radius 3 is 0.883 bits per heavy atom. The monoisotopic (exact) mass is 850 g/mol. The van der Waals surface area contributed by atoms with Gasteiger partial charge < -0.3 is 14.2 Å². The summed E-state index contributed by atoms with van der Waals surface area (Å²) < 4.78 is 17.9. The summed E-state index contributed by atoms with van der Waals surface area (Å²) in [5.74, 6) is -0.313. The van der Waals surface area contributed by atoms with Crippen LogP contribution in [0.15, 0.2) is 0 Å². The minimum absolute atomic E-state index is 0.127. The largest absolute Gasteiger partial charge is 0.447 e. The van der Waals surface area contributed by atoms with Crippen molar-refractivity contribution in [2.75, 3.05) is 6.54 Å². The predicted octanol–water partition coefficient (Wildman–Crippen LogP) is 17.9. The van der Waals surface area contributed by atoms with Crippen LogP contribution in [-0.4, -0.2) is 42.1 Å². The molecule has 0 spiro atoms. The molecule has 0 aliphatic heterocycles. The molecule has 0 aliphatic carbocycles. The van der Waals surface area contributed by atoms with Gasteiger partial charge >= 0.3 is 11.9 Å². The fourth-order valence-electron chi connectivity index (χ4n) is 8.67. The predicted molar refractivity (Wildman–Crippen MR) is 259 cm³/mol. The quantitative estimate of drug-likeness (QED) is 0.0345. The van der Waals surface area contributed by atoms with Gasteiger partial charge in [-0.15, -0.1) is 0 Å². The van der Waals surface area contributed by atoms with Crippen molar-refractivity contribution in [1.29, 1.82) is 0 Å². The van der Waals surface area contributed by atoms with E-state index < -0.39 is 12.5 Å². The Labute approximate surface area is 376 Å². The van der Waals surface area contributed by atoms with E-state index in [4.69, 9.17) is 14.2 Å². The fourth-order valence-corrected chi connectivity index (χ4v) is 8.67. The molecule has 3 atom stereocenters. The molecule has 6 heteroatoms. The zero-order valence-corrected chi connectivity index (χ0v) is 41.6. The Kier molecular flexibility index (Phi) is 46.4. The third kappa shape index (κ3) is 42.2. The number of ether oxygens (including phenoxy) is 3. The third-order valence-corrected chi connectivity index (χ3v) is 12.7. The van der Waals surface area contributed by atoms with Gasteiger partial charge in [0.25, 0.3) is 0 Å². The van der Waals surface area contributed by atoms with Crippen molar-refractivity contribution in [1.82, 2.24) is 4.90 Å². The molecule has 0 rings (SSSR count). The zero-order valence-electron chi connectivity index (χ0n) is 41.6. The Balaban J connectivity index is 4.48. The first-order valence-corrected chi connectivity index (χ1v) is 27.2. The van der Waals surface area contributed by atoms with Crippen molar-refractivity contribution in [2.24, 2.45) is 0 Å². The molecule has 0 amide bonds. The molecule has 358 valence electrons. The van der Waals surface area contributed by atoms with Crippen LogP contribution in [0.4, 0.5) is 0 Å². The van der Waals surface area contributed by atoms with Gasteiger partial charge in [-0.3, -0.25) is 9.59 Å². The molecule has 0 radical (unpaired) electrons. The van der Waals surface area contributed by atoms with Crippen LogP contribution in [0.2, 0.25) is 0 Å². The summed E-state index contributed by atoms with van der Waals surface area (Å²) in [5.41, 5.74) is 0. The number of carbonyl (C=O) groups excluding carboxylic acids is 2. The molecule has 0 aliphatic rings. The summed E-state index contributed by atoms with van der Waals surface area (Å²) in [7, 11) is 0. The van der Waals surface area contributed by atoms with E-state index in [-0.39, 0.29) is 18.2 Å². The maximum Gasteiger partial charge on any atom is 0.308 e. The van der Waals surface area contributed by atoms with E-state index in [0.717, 1.165) is 45.1 Å². The standard InChI is InChI=1S/C54H107NO5/c1-7-10-13-16-19-22-24-26-28-30-32-34-37-40-43-46-49-55(51(5)59-53(56)47-44-41-38-35-21-18-15-12-9-3)50(4)58-52(6)60-54(57)48-45-42-39-36-33-31-29-27-25-23-20-17-14-11-8-2/h50-52H,7-49H2,1-6H3. The smallest absolute Gasteiger partial charge is 0.308 e. The molecule has 0 bridgehead atoms. The number of esters is 2. The van der Waals surface area contributed by atoms with Crippen LogP contribution >= 0.6 is 0 Å². The minimum atomic E-state index is -0.651. The van der Waals surface area contributed by atoms with E-state index in [1.807, 2.05) is 20.8 Å². The molecule has 0 aromatic carbocycles. The average molecular weight is 850 g/mol. The normalized spacial score (nSPS) is 13.2. The molecule has 0 heterocycles. The summed E-state index contributed by atoms with van der Waals surface area (Å²) >= 11 is 0. The Bertz CT molecular complexity index is 882. The molecule has 0 saturated carbocycles. The number of nitrogens with zero attached hydrogens (tertiary/aromatic N) is 1. The molecule has 0 aromatic heterocycles. The van der Waals surface area contributed by atoms with E-state index in [1.54, 1.807) is 0 Å². The lowest BCUT2D eigenvalue weighted by atomic mass is 10.0. The van der Waals surface area contributed by atoms with Gasteiger partial charge in [0, 0.05) is 19.4 Å². The van der Waals surface area contributed by atoms with E-state index in [2.05, 4.69) is 25.7 Å². The van der Waals surface area contributed by atoms with E-state index in [1.165, 1.54) is 218 Å². The summed E-state index contributed by atoms with van der Waals surface area (Å²) in [6, 6.07) is 0. The van der Waals surface area contributed by atoms with Crippen molar-refractivity contribution in [3.8, 4) is 0 Å². The molecule has 0 aromatic rings. The minimum Gasteiger partial charge on any atom is -0.447 e. The lowest BCUT2D eigenvalue weighted by molar-refractivity contribution is -0.219. The topological polar surface area (TPSA) is 65.1 Å². The van der Waals surface area contributed by atoms with Crippen molar-refractivity contribution in [3.63, 3.8) is 0 Å². The maximum absolute atomic E-state index is 12.9. The summed E-state index contributed by atoms with van der Waals surface area (Å²) in [4.78, 5) is 27.7. The summed E-state index contributed by atoms with van der Waals surface area (Å²) in [6.07, 6.45) is 51.6. The van der Waals surface area contributed by atoms with Crippen LogP contribution in [0.3, 0.4) is 0 Å². The lowest BCUT2D eigenvalue weighted by Crippen LogP contribution is -2.46. The van der Waals surface area contributed by atoms with E-state index in [0.29, 0.717) is 12.8 Å². The first kappa shape index (κ1) is 58.9. The summed E-state index contributed by atoms with van der Waals surface area (Å²) in [5, 5.41) is 0. The average Bonchev–Trinajstić information content (AvgIpc) is 3.22. The Morgan fingerprint density at radius 1 is 0.333 bits per heavy atom. The number of hydrogen-bond donors (Lipinski definition) is 0. The Morgan fingerprint density at radius 2 is 0.583 bits per heavy atom. The van der Waals surface area contributed by atoms with Crippen LogP contribution < -0.4 is 0 Å². The lowest BCUT2D eigenvalue weighted by Gasteiger charge is -2.35. The fraction of sp³-hybridized carbons (Fsp3) is 0.963. The highest BCUT2D eigenvalue weighted by Gasteiger charge is 2.26. The number of carbonyl (C=O) groups is 2. The molecule has 0 fully saturated rings. The van der Waals surface area contributed by atoms with Gasteiger partial charge in [-0.25, -0.2) is 4.90 Å². The second-order valence-electron chi connectivity index (χ2n) is 18.7. The molecule has 0 N–H and O–H groups in total. The van der Waals surface area contributed by atoms with Crippen molar-refractivity contribution in [2.45, 2.75) is 330 Å². The highest BCUT2D eigenvalue weighted by atomic mass is 16.7. The molecular weight excluding hydrogens is 743 g/mol. The molecule has 60 heavy (non-hydrogen) atoms. The van der Waals surface area contributed by atoms with Crippen LogP contribution in [0.25, 0.3) is 0 Å².